The third-order valence-corrected chi connectivity index (χ3v) is 9.35. The summed E-state index contributed by atoms with van der Waals surface area (Å²) in [5.41, 5.74) is 3.01. The number of aromatic nitrogens is 5. The number of pyridine rings is 1. The first kappa shape index (κ1) is 32.0. The van der Waals surface area contributed by atoms with Crippen LogP contribution >= 0.6 is 11.6 Å². The second-order valence-electron chi connectivity index (χ2n) is 12.2. The van der Waals surface area contributed by atoms with Crippen molar-refractivity contribution in [3.05, 3.63) is 108 Å². The van der Waals surface area contributed by atoms with Crippen molar-refractivity contribution < 1.29 is 18.7 Å². The fourth-order valence-electron chi connectivity index (χ4n) is 6.67. The first-order valence-electron chi connectivity index (χ1n) is 15.9. The normalized spacial score (nSPS) is 17.5. The number of fused-ring (bicyclic) bond motifs is 3. The number of nitrogens with one attached hydrogen (secondary N) is 1. The first-order chi connectivity index (χ1) is 23.8. The Labute approximate surface area is 286 Å². The molecule has 3 aromatic carbocycles. The zero-order valence-electron chi connectivity index (χ0n) is 26.6. The summed E-state index contributed by atoms with van der Waals surface area (Å²) in [6.45, 7) is 2.09. The summed E-state index contributed by atoms with van der Waals surface area (Å²) < 4.78 is 29.0. The van der Waals surface area contributed by atoms with E-state index in [9.17, 15) is 10.1 Å². The van der Waals surface area contributed by atoms with Crippen LogP contribution in [0.5, 0.6) is 11.8 Å². The van der Waals surface area contributed by atoms with Gasteiger partial charge in [0.25, 0.3) is 0 Å². The lowest BCUT2D eigenvalue weighted by atomic mass is 9.77. The molecule has 0 spiro atoms. The quantitative estimate of drug-likeness (QED) is 0.170. The van der Waals surface area contributed by atoms with Crippen molar-refractivity contribution in [2.45, 2.75) is 57.2 Å². The summed E-state index contributed by atoms with van der Waals surface area (Å²) in [7, 11) is 0. The van der Waals surface area contributed by atoms with Crippen molar-refractivity contribution in [1.29, 1.82) is 5.26 Å². The van der Waals surface area contributed by atoms with Gasteiger partial charge in [0.15, 0.2) is 0 Å². The molecule has 1 N–H and O–H groups in total. The summed E-state index contributed by atoms with van der Waals surface area (Å²) in [5, 5.41) is 13.7. The molecule has 0 aliphatic heterocycles. The molecule has 49 heavy (non-hydrogen) atoms. The molecule has 1 aliphatic carbocycles. The van der Waals surface area contributed by atoms with Crippen molar-refractivity contribution in [2.75, 3.05) is 0 Å². The Balaban J connectivity index is 1.16. The van der Waals surface area contributed by atoms with E-state index in [0.717, 1.165) is 22.3 Å². The number of alkyl carbamates (subject to hydrolysis) is 1. The Kier molecular flexibility index (Phi) is 8.80. The molecule has 10 nitrogen and oxygen atoms in total. The van der Waals surface area contributed by atoms with E-state index in [-0.39, 0.29) is 25.1 Å². The van der Waals surface area contributed by atoms with E-state index in [1.807, 2.05) is 37.3 Å². The van der Waals surface area contributed by atoms with E-state index < -0.39 is 17.4 Å². The van der Waals surface area contributed by atoms with E-state index in [1.165, 1.54) is 6.07 Å². The second kappa shape index (κ2) is 13.5. The summed E-state index contributed by atoms with van der Waals surface area (Å²) in [6.07, 6.45) is 6.95. The summed E-state index contributed by atoms with van der Waals surface area (Å²) in [4.78, 5) is 30.3. The van der Waals surface area contributed by atoms with Crippen LogP contribution in [0.3, 0.4) is 0 Å². The standard InChI is InChI=1S/C37H31ClFN7O3/c1-23-44-33-21-43-32-20-31(39)28(27-9-8-26(18-30(27)38)49-35-41-16-5-17-42-35)19-29(32)34(33)46(23)25-10-12-37(13-11-25,14-15-40)45-36(47)48-22-24-6-3-2-4-7-24/h2-9,16-21,25H,10-14,22H2,1H3,(H,45,47). The Morgan fingerprint density at radius 3 is 2.55 bits per heavy atom. The lowest BCUT2D eigenvalue weighted by Crippen LogP contribution is -2.50. The zero-order valence-corrected chi connectivity index (χ0v) is 27.3. The monoisotopic (exact) mass is 675 g/mol. The fourth-order valence-corrected chi connectivity index (χ4v) is 6.95. The van der Waals surface area contributed by atoms with Crippen LogP contribution in [0.15, 0.2) is 85.3 Å². The minimum atomic E-state index is -0.706. The van der Waals surface area contributed by atoms with Crippen molar-refractivity contribution in [1.82, 2.24) is 29.8 Å². The van der Waals surface area contributed by atoms with Gasteiger partial charge >= 0.3 is 12.1 Å². The average molecular weight is 676 g/mol. The Morgan fingerprint density at radius 1 is 1.04 bits per heavy atom. The number of nitrogens with zero attached hydrogens (tertiary/aromatic N) is 6. The maximum absolute atomic E-state index is 15.7. The van der Waals surface area contributed by atoms with Crippen molar-refractivity contribution in [2.24, 2.45) is 0 Å². The van der Waals surface area contributed by atoms with E-state index >= 15 is 4.39 Å². The lowest BCUT2D eigenvalue weighted by molar-refractivity contribution is 0.113. The van der Waals surface area contributed by atoms with E-state index in [2.05, 4.69) is 30.9 Å². The summed E-state index contributed by atoms with van der Waals surface area (Å²) in [6, 6.07) is 21.8. The third kappa shape index (κ3) is 6.60. The van der Waals surface area contributed by atoms with Crippen LogP contribution in [0.25, 0.3) is 33.1 Å². The number of halogens is 2. The number of amides is 1. The molecular weight excluding hydrogens is 645 g/mol. The van der Waals surface area contributed by atoms with E-state index in [4.69, 9.17) is 26.1 Å². The van der Waals surface area contributed by atoms with Crippen LogP contribution in [-0.4, -0.2) is 36.1 Å². The van der Waals surface area contributed by atoms with Gasteiger partial charge in [0.1, 0.15) is 29.5 Å². The van der Waals surface area contributed by atoms with E-state index in [1.54, 1.807) is 48.9 Å². The molecule has 1 aliphatic rings. The van der Waals surface area contributed by atoms with E-state index in [0.29, 0.717) is 58.6 Å². The zero-order chi connectivity index (χ0) is 34.0. The maximum Gasteiger partial charge on any atom is 0.407 e. The molecule has 1 fully saturated rings. The Morgan fingerprint density at radius 2 is 1.82 bits per heavy atom. The minimum Gasteiger partial charge on any atom is -0.445 e. The highest BCUT2D eigenvalue weighted by Gasteiger charge is 2.38. The molecule has 0 unspecified atom stereocenters. The number of imidazole rings is 1. The maximum atomic E-state index is 15.7. The fraction of sp³-hybridized carbons (Fsp3) is 0.243. The van der Waals surface area contributed by atoms with Gasteiger partial charge in [-0.2, -0.15) is 5.26 Å². The molecule has 12 heteroatoms. The number of ether oxygens (including phenoxy) is 2. The van der Waals surface area contributed by atoms with Crippen molar-refractivity contribution in [3.8, 4) is 29.0 Å². The third-order valence-electron chi connectivity index (χ3n) is 9.04. The highest BCUT2D eigenvalue weighted by atomic mass is 35.5. The highest BCUT2D eigenvalue weighted by molar-refractivity contribution is 6.33. The molecule has 7 rings (SSSR count). The van der Waals surface area contributed by atoms with Crippen molar-refractivity contribution in [3.63, 3.8) is 0 Å². The smallest absolute Gasteiger partial charge is 0.407 e. The van der Waals surface area contributed by atoms with Gasteiger partial charge in [-0.1, -0.05) is 41.9 Å². The van der Waals surface area contributed by atoms with Gasteiger partial charge in [0.2, 0.25) is 0 Å². The molecule has 3 aromatic heterocycles. The molecule has 0 atom stereocenters. The molecule has 246 valence electrons. The SMILES string of the molecule is Cc1nc2cnc3cc(F)c(-c4ccc(Oc5ncccn5)cc4Cl)cc3c2n1C1CCC(CC#N)(NC(=O)OCc2ccccc2)CC1. The van der Waals surface area contributed by atoms with Crippen LogP contribution in [0, 0.1) is 24.1 Å². The second-order valence-corrected chi connectivity index (χ2v) is 12.6. The predicted molar refractivity (Wildman–Crippen MR) is 183 cm³/mol. The van der Waals surface area contributed by atoms with Gasteiger partial charge < -0.3 is 19.4 Å². The molecule has 0 radical (unpaired) electrons. The highest BCUT2D eigenvalue weighted by Crippen LogP contribution is 2.42. The summed E-state index contributed by atoms with van der Waals surface area (Å²) in [5.74, 6) is 0.752. The molecule has 0 saturated heterocycles. The number of hydrogen-bond acceptors (Lipinski definition) is 8. The van der Waals surface area contributed by atoms with Gasteiger partial charge in [0, 0.05) is 47.1 Å². The largest absolute Gasteiger partial charge is 0.445 e. The molecule has 1 amide bonds. The number of nitriles is 1. The van der Waals surface area contributed by atoms with Crippen LogP contribution in [0.2, 0.25) is 5.02 Å². The number of carbonyl (C=O) groups excluding carboxylic acids is 1. The Hall–Kier alpha value is -5.60. The molecular formula is C37H31ClFN7O3. The van der Waals surface area contributed by atoms with Crippen LogP contribution in [0.4, 0.5) is 9.18 Å². The minimum absolute atomic E-state index is 0.0262. The Bertz CT molecular complexity index is 2200. The number of benzene rings is 3. The topological polar surface area (TPSA) is 128 Å². The van der Waals surface area contributed by atoms with Crippen LogP contribution < -0.4 is 10.1 Å². The van der Waals surface area contributed by atoms with Gasteiger partial charge in [-0.25, -0.2) is 24.1 Å². The summed E-state index contributed by atoms with van der Waals surface area (Å²) >= 11 is 6.69. The lowest BCUT2D eigenvalue weighted by Gasteiger charge is -2.39. The number of carbonyl (C=O) groups is 1. The van der Waals surface area contributed by atoms with Crippen LogP contribution in [-0.2, 0) is 11.3 Å². The number of rotatable bonds is 8. The molecule has 3 heterocycles. The molecule has 0 bridgehead atoms. The molecule has 1 saturated carbocycles. The van der Waals surface area contributed by atoms with Gasteiger partial charge in [-0.05, 0) is 62.4 Å². The number of hydrogen-bond donors (Lipinski definition) is 1. The van der Waals surface area contributed by atoms with Crippen LogP contribution in [0.1, 0.15) is 49.5 Å². The first-order valence-corrected chi connectivity index (χ1v) is 16.3. The average Bonchev–Trinajstić information content (AvgIpc) is 3.45. The van der Waals surface area contributed by atoms with Gasteiger partial charge in [-0.15, -0.1) is 0 Å². The van der Waals surface area contributed by atoms with Crippen molar-refractivity contribution >= 4 is 39.6 Å². The number of aryl methyl sites for hydroxylation is 1. The predicted octanol–water partition coefficient (Wildman–Crippen LogP) is 8.63. The van der Waals surface area contributed by atoms with Gasteiger partial charge in [0.05, 0.1) is 40.3 Å². The van der Waals surface area contributed by atoms with Gasteiger partial charge in [-0.3, -0.25) is 4.98 Å². The molecule has 6 aromatic rings.